The Balaban J connectivity index is 2.50. The van der Waals surface area contributed by atoms with Gasteiger partial charge in [-0.2, -0.15) is 11.8 Å². The van der Waals surface area contributed by atoms with Gasteiger partial charge in [0.1, 0.15) is 5.75 Å². The van der Waals surface area contributed by atoms with Crippen molar-refractivity contribution in [2.24, 2.45) is 0 Å². The van der Waals surface area contributed by atoms with Crippen LogP contribution in [0.15, 0.2) is 18.2 Å². The summed E-state index contributed by atoms with van der Waals surface area (Å²) in [5, 5.41) is 12.9. The number of rotatable bonds is 5. The molecule has 0 aliphatic carbocycles. The van der Waals surface area contributed by atoms with Crippen LogP contribution in [0.2, 0.25) is 0 Å². The summed E-state index contributed by atoms with van der Waals surface area (Å²) < 4.78 is 0.746. The van der Waals surface area contributed by atoms with Gasteiger partial charge in [0.05, 0.1) is 3.57 Å². The maximum absolute atomic E-state index is 11.7. The SMILES string of the molecule is CSC(C)CCNC(=O)c1ccc(I)c(O)c1. The molecule has 0 aliphatic rings. The first-order valence-corrected chi connectivity index (χ1v) is 7.70. The molecule has 0 aliphatic heterocycles. The molecule has 5 heteroatoms. The van der Waals surface area contributed by atoms with Crippen molar-refractivity contribution < 1.29 is 9.90 Å². The van der Waals surface area contributed by atoms with Crippen LogP contribution in [0.5, 0.6) is 5.75 Å². The summed E-state index contributed by atoms with van der Waals surface area (Å²) in [6.45, 7) is 2.79. The van der Waals surface area contributed by atoms with E-state index in [0.29, 0.717) is 17.4 Å². The van der Waals surface area contributed by atoms with E-state index in [1.54, 1.807) is 23.9 Å². The van der Waals surface area contributed by atoms with Gasteiger partial charge in [0.15, 0.2) is 0 Å². The molecule has 1 aromatic carbocycles. The first-order valence-electron chi connectivity index (χ1n) is 5.34. The number of aromatic hydroxyl groups is 1. The van der Waals surface area contributed by atoms with Crippen LogP contribution in [-0.4, -0.2) is 29.1 Å². The molecule has 0 fully saturated rings. The Morgan fingerprint density at radius 2 is 2.29 bits per heavy atom. The van der Waals surface area contributed by atoms with Crippen molar-refractivity contribution in [3.63, 3.8) is 0 Å². The van der Waals surface area contributed by atoms with Gasteiger partial charge in [0.2, 0.25) is 0 Å². The topological polar surface area (TPSA) is 49.3 Å². The fourth-order valence-electron chi connectivity index (χ4n) is 1.26. The van der Waals surface area contributed by atoms with E-state index in [9.17, 15) is 9.90 Å². The van der Waals surface area contributed by atoms with Gasteiger partial charge >= 0.3 is 0 Å². The second-order valence-corrected chi connectivity index (χ2v) is 6.20. The molecule has 2 N–H and O–H groups in total. The van der Waals surface area contributed by atoms with Gasteiger partial charge in [0.25, 0.3) is 5.91 Å². The molecule has 1 atom stereocenters. The third-order valence-corrected chi connectivity index (χ3v) is 4.40. The van der Waals surface area contributed by atoms with Crippen molar-refractivity contribution in [2.45, 2.75) is 18.6 Å². The molecule has 1 aromatic rings. The first kappa shape index (κ1) is 14.6. The van der Waals surface area contributed by atoms with Crippen LogP contribution in [0.1, 0.15) is 23.7 Å². The first-order chi connectivity index (χ1) is 8.04. The van der Waals surface area contributed by atoms with E-state index in [1.807, 2.05) is 22.6 Å². The van der Waals surface area contributed by atoms with Crippen LogP contribution >= 0.6 is 34.4 Å². The number of benzene rings is 1. The van der Waals surface area contributed by atoms with Crippen LogP contribution < -0.4 is 5.32 Å². The van der Waals surface area contributed by atoms with Gasteiger partial charge in [-0.15, -0.1) is 0 Å². The Kier molecular flexibility index (Phi) is 6.11. The van der Waals surface area contributed by atoms with Gasteiger partial charge in [0, 0.05) is 17.4 Å². The molecule has 0 aromatic heterocycles. The van der Waals surface area contributed by atoms with Crippen LogP contribution in [0, 0.1) is 3.57 Å². The zero-order valence-electron chi connectivity index (χ0n) is 9.87. The summed E-state index contributed by atoms with van der Waals surface area (Å²) in [5.74, 6) is 0.0146. The van der Waals surface area contributed by atoms with Crippen molar-refractivity contribution in [3.05, 3.63) is 27.3 Å². The van der Waals surface area contributed by atoms with Crippen LogP contribution in [0.25, 0.3) is 0 Å². The largest absolute Gasteiger partial charge is 0.507 e. The van der Waals surface area contributed by atoms with E-state index in [4.69, 9.17) is 0 Å². The monoisotopic (exact) mass is 365 g/mol. The molecule has 0 saturated carbocycles. The molecule has 1 rings (SSSR count). The molecule has 1 amide bonds. The summed E-state index contributed by atoms with van der Waals surface area (Å²) in [6, 6.07) is 4.94. The molecule has 0 heterocycles. The summed E-state index contributed by atoms with van der Waals surface area (Å²) in [6.07, 6.45) is 3.01. The number of hydrogen-bond acceptors (Lipinski definition) is 3. The molecule has 94 valence electrons. The van der Waals surface area contributed by atoms with Crippen molar-refractivity contribution in [1.82, 2.24) is 5.32 Å². The molecule has 0 radical (unpaired) electrons. The predicted molar refractivity (Wildman–Crippen MR) is 80.8 cm³/mol. The Hall–Kier alpha value is -0.430. The van der Waals surface area contributed by atoms with Crippen molar-refractivity contribution >= 4 is 40.3 Å². The smallest absolute Gasteiger partial charge is 0.251 e. The average molecular weight is 365 g/mol. The van der Waals surface area contributed by atoms with E-state index >= 15 is 0 Å². The van der Waals surface area contributed by atoms with Gasteiger partial charge in [-0.1, -0.05) is 6.92 Å². The highest BCUT2D eigenvalue weighted by atomic mass is 127. The standard InChI is InChI=1S/C12H16INO2S/c1-8(17-2)5-6-14-12(16)9-3-4-10(13)11(15)7-9/h3-4,7-8,15H,5-6H2,1-2H3,(H,14,16). The minimum Gasteiger partial charge on any atom is -0.507 e. The van der Waals surface area contributed by atoms with Gasteiger partial charge in [-0.05, 0) is 53.5 Å². The Morgan fingerprint density at radius 1 is 1.59 bits per heavy atom. The lowest BCUT2D eigenvalue weighted by Crippen LogP contribution is -2.25. The molecule has 3 nitrogen and oxygen atoms in total. The molecule has 1 unspecified atom stereocenters. The number of phenolic OH excluding ortho intramolecular Hbond substituents is 1. The quantitative estimate of drug-likeness (QED) is 0.789. The molecule has 0 saturated heterocycles. The minimum atomic E-state index is -0.134. The number of thioether (sulfide) groups is 1. The van der Waals surface area contributed by atoms with Gasteiger partial charge < -0.3 is 10.4 Å². The fourth-order valence-corrected chi connectivity index (χ4v) is 1.95. The third kappa shape index (κ3) is 4.75. The maximum Gasteiger partial charge on any atom is 0.251 e. The summed E-state index contributed by atoms with van der Waals surface area (Å²) >= 11 is 3.81. The number of halogens is 1. The highest BCUT2D eigenvalue weighted by Gasteiger charge is 2.08. The molecular weight excluding hydrogens is 349 g/mol. The van der Waals surface area contributed by atoms with Crippen LogP contribution in [0.4, 0.5) is 0 Å². The number of amides is 1. The summed E-state index contributed by atoms with van der Waals surface area (Å²) in [5.41, 5.74) is 0.500. The van der Waals surface area contributed by atoms with E-state index < -0.39 is 0 Å². The Morgan fingerprint density at radius 3 is 2.88 bits per heavy atom. The number of carbonyl (C=O) groups excluding carboxylic acids is 1. The lowest BCUT2D eigenvalue weighted by Gasteiger charge is -2.09. The van der Waals surface area contributed by atoms with Crippen molar-refractivity contribution in [1.29, 1.82) is 0 Å². The van der Waals surface area contributed by atoms with Crippen LogP contribution in [-0.2, 0) is 0 Å². The number of carbonyl (C=O) groups is 1. The Bertz CT molecular complexity index is 398. The molecule has 0 spiro atoms. The summed E-state index contributed by atoms with van der Waals surface area (Å²) in [4.78, 5) is 11.7. The van der Waals surface area contributed by atoms with Crippen molar-refractivity contribution in [2.75, 3.05) is 12.8 Å². The highest BCUT2D eigenvalue weighted by molar-refractivity contribution is 14.1. The lowest BCUT2D eigenvalue weighted by molar-refractivity contribution is 0.0953. The molecular formula is C12H16INO2S. The van der Waals surface area contributed by atoms with Crippen molar-refractivity contribution in [3.8, 4) is 5.75 Å². The molecule has 0 bridgehead atoms. The minimum absolute atomic E-state index is 0.134. The second-order valence-electron chi connectivity index (χ2n) is 3.76. The average Bonchev–Trinajstić information content (AvgIpc) is 2.32. The fraction of sp³-hybridized carbons (Fsp3) is 0.417. The lowest BCUT2D eigenvalue weighted by atomic mass is 10.2. The van der Waals surface area contributed by atoms with E-state index in [-0.39, 0.29) is 11.7 Å². The zero-order valence-corrected chi connectivity index (χ0v) is 12.8. The normalized spacial score (nSPS) is 12.2. The van der Waals surface area contributed by atoms with E-state index in [1.165, 1.54) is 6.07 Å². The predicted octanol–water partition coefficient (Wildman–Crippen LogP) is 2.87. The maximum atomic E-state index is 11.7. The number of nitrogens with one attached hydrogen (secondary N) is 1. The summed E-state index contributed by atoms with van der Waals surface area (Å²) in [7, 11) is 0. The molecule has 17 heavy (non-hydrogen) atoms. The highest BCUT2D eigenvalue weighted by Crippen LogP contribution is 2.20. The van der Waals surface area contributed by atoms with Gasteiger partial charge in [-0.25, -0.2) is 0 Å². The van der Waals surface area contributed by atoms with E-state index in [2.05, 4.69) is 18.5 Å². The number of phenols is 1. The van der Waals surface area contributed by atoms with Gasteiger partial charge in [-0.3, -0.25) is 4.79 Å². The van der Waals surface area contributed by atoms with Crippen LogP contribution in [0.3, 0.4) is 0 Å². The second kappa shape index (κ2) is 7.10. The third-order valence-electron chi connectivity index (χ3n) is 2.45. The van der Waals surface area contributed by atoms with E-state index in [0.717, 1.165) is 9.99 Å². The Labute approximate surface area is 120 Å². The zero-order chi connectivity index (χ0) is 12.8. The number of hydrogen-bond donors (Lipinski definition) is 2.